The summed E-state index contributed by atoms with van der Waals surface area (Å²) in [6.45, 7) is 8.55. The minimum Gasteiger partial charge on any atom is -0.493 e. The Morgan fingerprint density at radius 2 is 1.84 bits per heavy atom. The second kappa shape index (κ2) is 6.92. The van der Waals surface area contributed by atoms with Gasteiger partial charge in [-0.15, -0.1) is 0 Å². The molecule has 0 fully saturated rings. The standard InChI is InChI=1S/C16H27NO2/c1-5-6-12(2)11-19-14-9-7-13(8-10-14)15(17)16(3,4)18/h7-10,12,15,18H,5-6,11,17H2,1-4H3/t12-,15-/m1/s1. The Morgan fingerprint density at radius 3 is 2.32 bits per heavy atom. The zero-order valence-electron chi connectivity index (χ0n) is 12.5. The largest absolute Gasteiger partial charge is 0.493 e. The minimum absolute atomic E-state index is 0.388. The lowest BCUT2D eigenvalue weighted by Crippen LogP contribution is -2.34. The van der Waals surface area contributed by atoms with Crippen LogP contribution in [0.2, 0.25) is 0 Å². The smallest absolute Gasteiger partial charge is 0.119 e. The maximum atomic E-state index is 9.89. The first kappa shape index (κ1) is 16.0. The summed E-state index contributed by atoms with van der Waals surface area (Å²) in [6, 6.07) is 7.28. The molecule has 0 aromatic heterocycles. The van der Waals surface area contributed by atoms with Crippen molar-refractivity contribution in [3.63, 3.8) is 0 Å². The Bertz CT molecular complexity index is 367. The van der Waals surface area contributed by atoms with Crippen LogP contribution >= 0.6 is 0 Å². The monoisotopic (exact) mass is 265 g/mol. The predicted molar refractivity (Wildman–Crippen MR) is 79.2 cm³/mol. The Labute approximate surface area is 116 Å². The molecule has 0 bridgehead atoms. The van der Waals surface area contributed by atoms with E-state index in [1.165, 1.54) is 12.8 Å². The van der Waals surface area contributed by atoms with Gasteiger partial charge in [-0.2, -0.15) is 0 Å². The summed E-state index contributed by atoms with van der Waals surface area (Å²) in [5, 5.41) is 9.89. The third-order valence-electron chi connectivity index (χ3n) is 3.32. The maximum absolute atomic E-state index is 9.89. The molecule has 1 rings (SSSR count). The van der Waals surface area contributed by atoms with Crippen molar-refractivity contribution in [2.45, 2.75) is 52.2 Å². The van der Waals surface area contributed by atoms with E-state index in [0.29, 0.717) is 5.92 Å². The van der Waals surface area contributed by atoms with Crippen LogP contribution in [0.15, 0.2) is 24.3 Å². The SMILES string of the molecule is CCC[C@@H](C)COc1ccc([C@@H](N)C(C)(C)O)cc1. The number of rotatable bonds is 7. The van der Waals surface area contributed by atoms with Gasteiger partial charge in [-0.25, -0.2) is 0 Å². The van der Waals surface area contributed by atoms with Gasteiger partial charge in [0.2, 0.25) is 0 Å². The van der Waals surface area contributed by atoms with Crippen LogP contribution in [-0.4, -0.2) is 17.3 Å². The van der Waals surface area contributed by atoms with Crippen molar-refractivity contribution in [1.29, 1.82) is 0 Å². The van der Waals surface area contributed by atoms with Crippen LogP contribution < -0.4 is 10.5 Å². The van der Waals surface area contributed by atoms with E-state index in [-0.39, 0.29) is 6.04 Å². The number of nitrogens with two attached hydrogens (primary N) is 1. The lowest BCUT2D eigenvalue weighted by atomic mass is 9.93. The summed E-state index contributed by atoms with van der Waals surface area (Å²) in [4.78, 5) is 0. The van der Waals surface area contributed by atoms with Gasteiger partial charge in [0.25, 0.3) is 0 Å². The van der Waals surface area contributed by atoms with Crippen LogP contribution in [0.4, 0.5) is 0 Å². The van der Waals surface area contributed by atoms with Gasteiger partial charge >= 0.3 is 0 Å². The molecule has 0 saturated carbocycles. The van der Waals surface area contributed by atoms with Crippen molar-refractivity contribution in [2.24, 2.45) is 11.7 Å². The summed E-state index contributed by atoms with van der Waals surface area (Å²) in [5.74, 6) is 1.43. The van der Waals surface area contributed by atoms with Gasteiger partial charge in [-0.05, 0) is 43.9 Å². The topological polar surface area (TPSA) is 55.5 Å². The van der Waals surface area contributed by atoms with Crippen molar-refractivity contribution in [2.75, 3.05) is 6.61 Å². The second-order valence-corrected chi connectivity index (χ2v) is 5.91. The molecule has 3 heteroatoms. The summed E-state index contributed by atoms with van der Waals surface area (Å²) in [7, 11) is 0. The van der Waals surface area contributed by atoms with Gasteiger partial charge in [-0.3, -0.25) is 0 Å². The molecule has 3 nitrogen and oxygen atoms in total. The molecule has 0 aliphatic carbocycles. The van der Waals surface area contributed by atoms with E-state index in [9.17, 15) is 5.11 Å². The van der Waals surface area contributed by atoms with Crippen LogP contribution in [0.3, 0.4) is 0 Å². The number of aliphatic hydroxyl groups is 1. The Hall–Kier alpha value is -1.06. The summed E-state index contributed by atoms with van der Waals surface area (Å²) in [5.41, 5.74) is 5.99. The first-order valence-corrected chi connectivity index (χ1v) is 7.05. The fourth-order valence-corrected chi connectivity index (χ4v) is 1.99. The van der Waals surface area contributed by atoms with Crippen LogP contribution in [0, 0.1) is 5.92 Å². The molecule has 0 saturated heterocycles. The van der Waals surface area contributed by atoms with Crippen molar-refractivity contribution in [1.82, 2.24) is 0 Å². The van der Waals surface area contributed by atoms with Gasteiger partial charge in [0.05, 0.1) is 18.2 Å². The molecule has 0 heterocycles. The van der Waals surface area contributed by atoms with Crippen molar-refractivity contribution >= 4 is 0 Å². The molecule has 2 atom stereocenters. The zero-order valence-corrected chi connectivity index (χ0v) is 12.5. The number of benzene rings is 1. The Morgan fingerprint density at radius 1 is 1.26 bits per heavy atom. The molecule has 0 aliphatic heterocycles. The first-order chi connectivity index (χ1) is 8.84. The van der Waals surface area contributed by atoms with E-state index in [1.807, 2.05) is 24.3 Å². The normalized spacial score (nSPS) is 15.1. The first-order valence-electron chi connectivity index (χ1n) is 7.05. The quantitative estimate of drug-likeness (QED) is 0.795. The lowest BCUT2D eigenvalue weighted by Gasteiger charge is -2.26. The molecule has 1 aromatic rings. The molecule has 1 aromatic carbocycles. The Kier molecular flexibility index (Phi) is 5.83. The van der Waals surface area contributed by atoms with Crippen molar-refractivity contribution in [3.05, 3.63) is 29.8 Å². The molecule has 0 unspecified atom stereocenters. The van der Waals surface area contributed by atoms with Gasteiger partial charge in [0.1, 0.15) is 5.75 Å². The zero-order chi connectivity index (χ0) is 14.5. The fourth-order valence-electron chi connectivity index (χ4n) is 1.99. The van der Waals surface area contributed by atoms with Crippen LogP contribution in [-0.2, 0) is 0 Å². The van der Waals surface area contributed by atoms with E-state index in [2.05, 4.69) is 13.8 Å². The average Bonchev–Trinajstić information content (AvgIpc) is 2.35. The molecule has 0 spiro atoms. The van der Waals surface area contributed by atoms with Gasteiger partial charge in [-0.1, -0.05) is 32.4 Å². The van der Waals surface area contributed by atoms with E-state index in [4.69, 9.17) is 10.5 Å². The summed E-state index contributed by atoms with van der Waals surface area (Å²) < 4.78 is 5.74. The van der Waals surface area contributed by atoms with E-state index >= 15 is 0 Å². The third kappa shape index (κ3) is 5.21. The van der Waals surface area contributed by atoms with Gasteiger partial charge < -0.3 is 15.6 Å². The van der Waals surface area contributed by atoms with Crippen LogP contribution in [0.25, 0.3) is 0 Å². The van der Waals surface area contributed by atoms with Crippen molar-refractivity contribution in [3.8, 4) is 5.75 Å². The highest BCUT2D eigenvalue weighted by molar-refractivity contribution is 5.30. The highest BCUT2D eigenvalue weighted by Crippen LogP contribution is 2.24. The van der Waals surface area contributed by atoms with Gasteiger partial charge in [0, 0.05) is 0 Å². The van der Waals surface area contributed by atoms with Crippen LogP contribution in [0.5, 0.6) is 5.75 Å². The van der Waals surface area contributed by atoms with Gasteiger partial charge in [0.15, 0.2) is 0 Å². The highest BCUT2D eigenvalue weighted by atomic mass is 16.5. The summed E-state index contributed by atoms with van der Waals surface area (Å²) in [6.07, 6.45) is 2.37. The molecular weight excluding hydrogens is 238 g/mol. The molecule has 0 aliphatic rings. The minimum atomic E-state index is -0.919. The average molecular weight is 265 g/mol. The molecule has 108 valence electrons. The van der Waals surface area contributed by atoms with E-state index in [1.54, 1.807) is 13.8 Å². The third-order valence-corrected chi connectivity index (χ3v) is 3.32. The molecular formula is C16H27NO2. The molecule has 19 heavy (non-hydrogen) atoms. The van der Waals surface area contributed by atoms with Crippen LogP contribution in [0.1, 0.15) is 52.1 Å². The number of hydrogen-bond donors (Lipinski definition) is 2. The van der Waals surface area contributed by atoms with Crippen molar-refractivity contribution < 1.29 is 9.84 Å². The van der Waals surface area contributed by atoms with E-state index < -0.39 is 5.60 Å². The Balaban J connectivity index is 2.57. The number of ether oxygens (including phenoxy) is 1. The maximum Gasteiger partial charge on any atom is 0.119 e. The lowest BCUT2D eigenvalue weighted by molar-refractivity contribution is 0.0517. The number of hydrogen-bond acceptors (Lipinski definition) is 3. The summed E-state index contributed by atoms with van der Waals surface area (Å²) >= 11 is 0. The van der Waals surface area contributed by atoms with E-state index in [0.717, 1.165) is 17.9 Å². The predicted octanol–water partition coefficient (Wildman–Crippen LogP) is 3.27. The second-order valence-electron chi connectivity index (χ2n) is 5.91. The molecule has 0 radical (unpaired) electrons. The molecule has 0 amide bonds. The highest BCUT2D eigenvalue weighted by Gasteiger charge is 2.24. The fraction of sp³-hybridized carbons (Fsp3) is 0.625. The molecule has 3 N–H and O–H groups in total.